The summed E-state index contributed by atoms with van der Waals surface area (Å²) in [5.74, 6) is 0. The van der Waals surface area contributed by atoms with E-state index in [2.05, 4.69) is 17.4 Å². The van der Waals surface area contributed by atoms with Gasteiger partial charge >= 0.3 is 0 Å². The van der Waals surface area contributed by atoms with Crippen molar-refractivity contribution >= 4 is 6.41 Å². The van der Waals surface area contributed by atoms with E-state index in [9.17, 15) is 0 Å². The van der Waals surface area contributed by atoms with Crippen LogP contribution >= 0.6 is 0 Å². The van der Waals surface area contributed by atoms with Crippen LogP contribution in [0.15, 0.2) is 30.3 Å². The molecule has 1 amide bonds. The summed E-state index contributed by atoms with van der Waals surface area (Å²) in [5, 5.41) is 2.25. The van der Waals surface area contributed by atoms with Gasteiger partial charge in [0, 0.05) is 14.2 Å². The third-order valence-corrected chi connectivity index (χ3v) is 1.56. The van der Waals surface area contributed by atoms with E-state index in [-0.39, 0.29) is 0 Å². The van der Waals surface area contributed by atoms with Crippen molar-refractivity contribution in [3.05, 3.63) is 35.9 Å². The summed E-state index contributed by atoms with van der Waals surface area (Å²) in [6, 6.07) is 10.3. The molecule has 1 aromatic carbocycles. The second kappa shape index (κ2) is 16.1. The number of benzene rings is 1. The zero-order chi connectivity index (χ0) is 12.6. The third-order valence-electron chi connectivity index (χ3n) is 1.56. The first-order valence-electron chi connectivity index (χ1n) is 5.49. The van der Waals surface area contributed by atoms with Gasteiger partial charge in [0.15, 0.2) is 0 Å². The van der Waals surface area contributed by atoms with Gasteiger partial charge in [0.25, 0.3) is 0 Å². The van der Waals surface area contributed by atoms with Crippen LogP contribution in [0.4, 0.5) is 0 Å². The molecular weight excluding hydrogens is 202 g/mol. The van der Waals surface area contributed by atoms with Crippen LogP contribution in [0.3, 0.4) is 0 Å². The molecule has 1 N–H and O–H groups in total. The Morgan fingerprint density at radius 1 is 1.25 bits per heavy atom. The van der Waals surface area contributed by atoms with Gasteiger partial charge in [-0.05, 0) is 12.0 Å². The molecule has 3 nitrogen and oxygen atoms in total. The van der Waals surface area contributed by atoms with Gasteiger partial charge in [-0.2, -0.15) is 0 Å². The molecule has 0 heterocycles. The third kappa shape index (κ3) is 12.7. The van der Waals surface area contributed by atoms with Crippen LogP contribution in [-0.2, 0) is 16.0 Å². The maximum Gasteiger partial charge on any atom is 0.206 e. The van der Waals surface area contributed by atoms with Crippen molar-refractivity contribution in [1.29, 1.82) is 0 Å². The highest BCUT2D eigenvalue weighted by Crippen LogP contribution is 1.98. The molecule has 92 valence electrons. The Kier molecular flexibility index (Phi) is 17.2. The first-order valence-corrected chi connectivity index (χ1v) is 5.49. The van der Waals surface area contributed by atoms with Gasteiger partial charge in [0.2, 0.25) is 6.41 Å². The van der Waals surface area contributed by atoms with Crippen molar-refractivity contribution in [3.63, 3.8) is 0 Å². The topological polar surface area (TPSA) is 38.3 Å². The summed E-state index contributed by atoms with van der Waals surface area (Å²) < 4.78 is 4.95. The van der Waals surface area contributed by atoms with Crippen LogP contribution in [0.25, 0.3) is 0 Å². The van der Waals surface area contributed by atoms with Crippen LogP contribution in [0.5, 0.6) is 0 Å². The van der Waals surface area contributed by atoms with Gasteiger partial charge in [-0.25, -0.2) is 0 Å². The first-order chi connectivity index (χ1) is 7.85. The molecule has 0 bridgehead atoms. The minimum absolute atomic E-state index is 0.625. The Labute approximate surface area is 98.8 Å². The average Bonchev–Trinajstić information content (AvgIpc) is 2.40. The van der Waals surface area contributed by atoms with Crippen molar-refractivity contribution in [3.8, 4) is 0 Å². The van der Waals surface area contributed by atoms with Crippen LogP contribution in [0.2, 0.25) is 0 Å². The van der Waals surface area contributed by atoms with Gasteiger partial charge in [0.05, 0.1) is 6.61 Å². The number of carbonyl (C=O) groups is 1. The Morgan fingerprint density at radius 2 is 1.75 bits per heavy atom. The number of nitrogens with one attached hydrogen (secondary N) is 1. The van der Waals surface area contributed by atoms with E-state index in [0.717, 1.165) is 13.0 Å². The molecule has 0 spiro atoms. The van der Waals surface area contributed by atoms with E-state index in [4.69, 9.17) is 9.53 Å². The Hall–Kier alpha value is -1.35. The summed E-state index contributed by atoms with van der Waals surface area (Å²) in [4.78, 5) is 9.06. The number of carbonyl (C=O) groups excluding carboxylic acids is 1. The number of hydrogen-bond donors (Lipinski definition) is 1. The van der Waals surface area contributed by atoms with E-state index in [1.807, 2.05) is 32.0 Å². The van der Waals surface area contributed by atoms with Crippen molar-refractivity contribution in [2.75, 3.05) is 20.8 Å². The lowest BCUT2D eigenvalue weighted by atomic mass is 10.2. The summed E-state index contributed by atoms with van der Waals surface area (Å²) >= 11 is 0. The van der Waals surface area contributed by atoms with Gasteiger partial charge < -0.3 is 10.1 Å². The van der Waals surface area contributed by atoms with Crippen molar-refractivity contribution in [1.82, 2.24) is 5.32 Å². The van der Waals surface area contributed by atoms with E-state index in [0.29, 0.717) is 6.41 Å². The number of rotatable bonds is 4. The van der Waals surface area contributed by atoms with Gasteiger partial charge in [-0.1, -0.05) is 44.2 Å². The lowest BCUT2D eigenvalue weighted by Gasteiger charge is -1.97. The van der Waals surface area contributed by atoms with Crippen molar-refractivity contribution in [2.24, 2.45) is 0 Å². The van der Waals surface area contributed by atoms with Crippen LogP contribution in [0, 0.1) is 0 Å². The predicted octanol–water partition coefficient (Wildman–Crippen LogP) is 2.26. The Morgan fingerprint density at radius 3 is 2.12 bits per heavy atom. The summed E-state index contributed by atoms with van der Waals surface area (Å²) in [6.07, 6.45) is 1.64. The van der Waals surface area contributed by atoms with Crippen LogP contribution in [0.1, 0.15) is 19.4 Å². The first kappa shape index (κ1) is 17.1. The van der Waals surface area contributed by atoms with E-state index >= 15 is 0 Å². The molecule has 0 atom stereocenters. The molecule has 0 aliphatic heterocycles. The normalized spacial score (nSPS) is 7.75. The SMILES string of the molecule is CC.CNC=O.COCCc1ccccc1. The highest BCUT2D eigenvalue weighted by molar-refractivity contribution is 5.44. The average molecular weight is 225 g/mol. The lowest BCUT2D eigenvalue weighted by molar-refractivity contribution is -0.109. The molecule has 0 fully saturated rings. The van der Waals surface area contributed by atoms with Gasteiger partial charge in [-0.3, -0.25) is 4.79 Å². The molecule has 0 aliphatic carbocycles. The largest absolute Gasteiger partial charge is 0.384 e. The van der Waals surface area contributed by atoms with Gasteiger partial charge in [0.1, 0.15) is 0 Å². The second-order valence-corrected chi connectivity index (χ2v) is 2.63. The quantitative estimate of drug-likeness (QED) is 0.798. The molecular formula is C13H23NO2. The van der Waals surface area contributed by atoms with Gasteiger partial charge in [-0.15, -0.1) is 0 Å². The summed E-state index contributed by atoms with van der Waals surface area (Å²) in [6.45, 7) is 4.81. The minimum atomic E-state index is 0.625. The molecule has 0 aliphatic rings. The summed E-state index contributed by atoms with van der Waals surface area (Å²) in [7, 11) is 3.29. The highest BCUT2D eigenvalue weighted by atomic mass is 16.5. The van der Waals surface area contributed by atoms with E-state index in [1.165, 1.54) is 5.56 Å². The lowest BCUT2D eigenvalue weighted by Crippen LogP contribution is -1.98. The number of hydrogen-bond acceptors (Lipinski definition) is 2. The molecule has 3 heteroatoms. The van der Waals surface area contributed by atoms with E-state index in [1.54, 1.807) is 14.2 Å². The predicted molar refractivity (Wildman–Crippen MR) is 68.5 cm³/mol. The molecule has 0 saturated heterocycles. The second-order valence-electron chi connectivity index (χ2n) is 2.63. The molecule has 16 heavy (non-hydrogen) atoms. The molecule has 1 aromatic rings. The maximum absolute atomic E-state index is 9.06. The fourth-order valence-electron chi connectivity index (χ4n) is 0.865. The van der Waals surface area contributed by atoms with Crippen molar-refractivity contribution < 1.29 is 9.53 Å². The van der Waals surface area contributed by atoms with Crippen molar-refractivity contribution in [2.45, 2.75) is 20.3 Å². The Balaban J connectivity index is 0. The van der Waals surface area contributed by atoms with Crippen LogP contribution < -0.4 is 5.32 Å². The molecule has 0 radical (unpaired) electrons. The summed E-state index contributed by atoms with van der Waals surface area (Å²) in [5.41, 5.74) is 1.34. The fraction of sp³-hybridized carbons (Fsp3) is 0.462. The standard InChI is InChI=1S/C9H12O.C2H5NO.C2H6/c1-10-8-7-9-5-3-2-4-6-9;1-3-2-4;1-2/h2-6H,7-8H2,1H3;2H,1H3,(H,3,4);1-2H3. The molecule has 0 saturated carbocycles. The van der Waals surface area contributed by atoms with E-state index < -0.39 is 0 Å². The number of ether oxygens (including phenoxy) is 1. The molecule has 1 rings (SSSR count). The number of methoxy groups -OCH3 is 1. The number of amides is 1. The minimum Gasteiger partial charge on any atom is -0.384 e. The zero-order valence-corrected chi connectivity index (χ0v) is 10.7. The smallest absolute Gasteiger partial charge is 0.206 e. The zero-order valence-electron chi connectivity index (χ0n) is 10.7. The fourth-order valence-corrected chi connectivity index (χ4v) is 0.865. The maximum atomic E-state index is 9.06. The van der Waals surface area contributed by atoms with Crippen LogP contribution in [-0.4, -0.2) is 27.2 Å². The highest BCUT2D eigenvalue weighted by Gasteiger charge is 1.87. The monoisotopic (exact) mass is 225 g/mol. The molecule has 0 aromatic heterocycles. The Bertz CT molecular complexity index is 225. The molecule has 0 unspecified atom stereocenters.